The summed E-state index contributed by atoms with van der Waals surface area (Å²) in [6.07, 6.45) is 8.91. The molecule has 0 N–H and O–H groups in total. The molecule has 160 valence electrons. The summed E-state index contributed by atoms with van der Waals surface area (Å²) in [5.41, 5.74) is 1.20. The van der Waals surface area contributed by atoms with E-state index in [0.717, 1.165) is 50.5 Å². The minimum Gasteiger partial charge on any atom is -0.460 e. The Morgan fingerprint density at radius 3 is 2.55 bits per heavy atom. The number of hydrogen-bond acceptors (Lipinski definition) is 4. The monoisotopic (exact) mass is 400 g/mol. The Labute approximate surface area is 175 Å². The zero-order valence-electron chi connectivity index (χ0n) is 18.4. The van der Waals surface area contributed by atoms with E-state index in [4.69, 9.17) is 9.47 Å². The molecule has 4 nitrogen and oxygen atoms in total. The summed E-state index contributed by atoms with van der Waals surface area (Å²) in [5, 5.41) is 0. The third kappa shape index (κ3) is 8.04. The summed E-state index contributed by atoms with van der Waals surface area (Å²) in [5.74, 6) is -0.249. The third-order valence-electron chi connectivity index (χ3n) is 5.28. The van der Waals surface area contributed by atoms with E-state index < -0.39 is 5.60 Å². The predicted octanol–water partition coefficient (Wildman–Crippen LogP) is 6.11. The Balaban J connectivity index is 2.02. The number of rotatable bonds is 8. The Hall–Kier alpha value is -2.10. The van der Waals surface area contributed by atoms with Crippen LogP contribution in [-0.2, 0) is 14.3 Å². The first kappa shape index (κ1) is 23.2. The van der Waals surface area contributed by atoms with Gasteiger partial charge in [-0.3, -0.25) is 4.79 Å². The highest BCUT2D eigenvalue weighted by Crippen LogP contribution is 2.34. The molecule has 0 radical (unpaired) electrons. The van der Waals surface area contributed by atoms with Gasteiger partial charge in [-0.05, 0) is 76.5 Å². The van der Waals surface area contributed by atoms with E-state index in [1.807, 2.05) is 39.0 Å². The second-order valence-electron chi connectivity index (χ2n) is 8.98. The number of carbonyl (C=O) groups is 2. The van der Waals surface area contributed by atoms with Gasteiger partial charge in [0.2, 0.25) is 0 Å². The predicted molar refractivity (Wildman–Crippen MR) is 116 cm³/mol. The fourth-order valence-corrected chi connectivity index (χ4v) is 3.83. The van der Waals surface area contributed by atoms with Crippen LogP contribution in [0.15, 0.2) is 42.0 Å². The summed E-state index contributed by atoms with van der Waals surface area (Å²) in [7, 11) is 0. The summed E-state index contributed by atoms with van der Waals surface area (Å²) in [4.78, 5) is 25.2. The van der Waals surface area contributed by atoms with Crippen molar-refractivity contribution in [3.8, 4) is 0 Å². The normalized spacial score (nSPS) is 18.3. The molecule has 0 saturated heterocycles. The first-order valence-electron chi connectivity index (χ1n) is 10.9. The average Bonchev–Trinajstić information content (AvgIpc) is 2.91. The molecule has 0 bridgehead atoms. The van der Waals surface area contributed by atoms with Crippen LogP contribution in [0, 0.1) is 11.8 Å². The van der Waals surface area contributed by atoms with Gasteiger partial charge in [0, 0.05) is 0 Å². The quantitative estimate of drug-likeness (QED) is 0.390. The van der Waals surface area contributed by atoms with Crippen molar-refractivity contribution in [3.05, 3.63) is 47.5 Å². The second-order valence-corrected chi connectivity index (χ2v) is 8.98. The van der Waals surface area contributed by atoms with Gasteiger partial charge >= 0.3 is 11.9 Å². The van der Waals surface area contributed by atoms with Crippen molar-refractivity contribution in [1.29, 1.82) is 0 Å². The van der Waals surface area contributed by atoms with E-state index in [1.165, 1.54) is 0 Å². The summed E-state index contributed by atoms with van der Waals surface area (Å²) < 4.78 is 11.3. The molecule has 0 heterocycles. The van der Waals surface area contributed by atoms with Gasteiger partial charge in [-0.2, -0.15) is 0 Å². The van der Waals surface area contributed by atoms with E-state index in [1.54, 1.807) is 12.1 Å². The molecule has 1 aromatic rings. The van der Waals surface area contributed by atoms with Gasteiger partial charge in [-0.1, -0.05) is 44.0 Å². The Kier molecular flexibility index (Phi) is 8.94. The Bertz CT molecular complexity index is 685. The number of benzene rings is 1. The number of allylic oxidation sites excluding steroid dienone is 1. The van der Waals surface area contributed by atoms with Gasteiger partial charge in [0.25, 0.3) is 0 Å². The maximum atomic E-state index is 12.9. The molecule has 0 fully saturated rings. The Morgan fingerprint density at radius 2 is 1.90 bits per heavy atom. The fraction of sp³-hybridized carbons (Fsp3) is 0.600. The van der Waals surface area contributed by atoms with Crippen LogP contribution in [0.1, 0.15) is 83.0 Å². The first-order valence-corrected chi connectivity index (χ1v) is 10.9. The summed E-state index contributed by atoms with van der Waals surface area (Å²) >= 11 is 0. The van der Waals surface area contributed by atoms with Crippen LogP contribution in [0.5, 0.6) is 0 Å². The van der Waals surface area contributed by atoms with Crippen molar-refractivity contribution in [2.75, 3.05) is 6.61 Å². The van der Waals surface area contributed by atoms with E-state index in [2.05, 4.69) is 13.0 Å². The van der Waals surface area contributed by atoms with Crippen LogP contribution in [0.2, 0.25) is 0 Å². The van der Waals surface area contributed by atoms with Crippen LogP contribution in [0.4, 0.5) is 0 Å². The van der Waals surface area contributed by atoms with Gasteiger partial charge in [0.1, 0.15) is 12.2 Å². The third-order valence-corrected chi connectivity index (χ3v) is 5.28. The second kappa shape index (κ2) is 11.2. The lowest BCUT2D eigenvalue weighted by Gasteiger charge is -2.29. The van der Waals surface area contributed by atoms with Crippen LogP contribution in [0.25, 0.3) is 0 Å². The first-order chi connectivity index (χ1) is 13.8. The molecular formula is C25H36O4. The highest BCUT2D eigenvalue weighted by atomic mass is 16.6. The van der Waals surface area contributed by atoms with Crippen LogP contribution in [-0.4, -0.2) is 24.1 Å². The lowest BCUT2D eigenvalue weighted by molar-refractivity contribution is -0.162. The lowest BCUT2D eigenvalue weighted by atomic mass is 9.81. The largest absolute Gasteiger partial charge is 0.460 e. The number of hydrogen-bond donors (Lipinski definition) is 0. The average molecular weight is 401 g/mol. The number of ether oxygens (including phenoxy) is 2. The van der Waals surface area contributed by atoms with Crippen molar-refractivity contribution >= 4 is 11.9 Å². The summed E-state index contributed by atoms with van der Waals surface area (Å²) in [6.45, 7) is 8.20. The molecule has 29 heavy (non-hydrogen) atoms. The molecule has 1 aliphatic rings. The number of esters is 2. The molecule has 1 aromatic carbocycles. The van der Waals surface area contributed by atoms with E-state index >= 15 is 0 Å². The molecule has 4 heteroatoms. The van der Waals surface area contributed by atoms with Crippen LogP contribution in [0.3, 0.4) is 0 Å². The lowest BCUT2D eigenvalue weighted by Crippen LogP contribution is -2.33. The molecule has 0 aliphatic heterocycles. The van der Waals surface area contributed by atoms with Crippen molar-refractivity contribution in [3.63, 3.8) is 0 Å². The molecule has 0 saturated carbocycles. The van der Waals surface area contributed by atoms with Crippen molar-refractivity contribution in [2.24, 2.45) is 11.8 Å². The number of unbranched alkanes of at least 4 members (excludes halogenated alkanes) is 1. The van der Waals surface area contributed by atoms with Gasteiger partial charge in [-0.15, -0.1) is 0 Å². The highest BCUT2D eigenvalue weighted by Gasteiger charge is 2.32. The number of carbonyl (C=O) groups excluding carboxylic acids is 2. The SMILES string of the molecule is CCCCC(C(=O)OC(C)(C)C)[C@@H]1CCCC=C(COC(=O)c2ccccc2)C1. The zero-order valence-corrected chi connectivity index (χ0v) is 18.4. The fourth-order valence-electron chi connectivity index (χ4n) is 3.83. The van der Waals surface area contributed by atoms with Gasteiger partial charge < -0.3 is 9.47 Å². The molecule has 0 spiro atoms. The molecule has 0 aromatic heterocycles. The van der Waals surface area contributed by atoms with Gasteiger partial charge in [0.05, 0.1) is 11.5 Å². The zero-order chi connectivity index (χ0) is 21.3. The maximum Gasteiger partial charge on any atom is 0.338 e. The van der Waals surface area contributed by atoms with Gasteiger partial charge in [0.15, 0.2) is 0 Å². The molecular weight excluding hydrogens is 364 g/mol. The molecule has 1 unspecified atom stereocenters. The van der Waals surface area contributed by atoms with Crippen molar-refractivity contribution in [1.82, 2.24) is 0 Å². The smallest absolute Gasteiger partial charge is 0.338 e. The highest BCUT2D eigenvalue weighted by molar-refractivity contribution is 5.89. The Morgan fingerprint density at radius 1 is 1.17 bits per heavy atom. The molecule has 0 amide bonds. The van der Waals surface area contributed by atoms with E-state index in [-0.39, 0.29) is 23.8 Å². The standard InChI is InChI=1S/C25H36O4/c1-5-6-16-22(24(27)29-25(2,3)4)21-15-11-10-12-19(17-21)18-28-23(26)20-13-8-7-9-14-20/h7-9,12-14,21-22H,5-6,10-11,15-18H2,1-4H3/t21-,22?/m1/s1. The van der Waals surface area contributed by atoms with E-state index in [0.29, 0.717) is 12.2 Å². The van der Waals surface area contributed by atoms with Crippen LogP contribution < -0.4 is 0 Å². The molecule has 2 rings (SSSR count). The minimum absolute atomic E-state index is 0.0847. The maximum absolute atomic E-state index is 12.9. The molecule has 2 atom stereocenters. The van der Waals surface area contributed by atoms with E-state index in [9.17, 15) is 9.59 Å². The topological polar surface area (TPSA) is 52.6 Å². The van der Waals surface area contributed by atoms with Gasteiger partial charge in [-0.25, -0.2) is 4.79 Å². The minimum atomic E-state index is -0.476. The summed E-state index contributed by atoms with van der Waals surface area (Å²) in [6, 6.07) is 9.06. The van der Waals surface area contributed by atoms with Crippen molar-refractivity contribution < 1.29 is 19.1 Å². The molecule has 1 aliphatic carbocycles. The van der Waals surface area contributed by atoms with Crippen molar-refractivity contribution in [2.45, 2.75) is 78.2 Å². The van der Waals surface area contributed by atoms with Crippen LogP contribution >= 0.6 is 0 Å².